The molecule has 0 saturated heterocycles. The molecular formula is C66H49N. The maximum atomic E-state index is 2.45. The molecule has 0 saturated carbocycles. The van der Waals surface area contributed by atoms with Crippen LogP contribution in [-0.2, 0) is 5.41 Å². The summed E-state index contributed by atoms with van der Waals surface area (Å²) in [4.78, 5) is 0. The molecule has 0 amide bonds. The van der Waals surface area contributed by atoms with Gasteiger partial charge in [-0.3, -0.25) is 0 Å². The fourth-order valence-corrected chi connectivity index (χ4v) is 10.9. The van der Waals surface area contributed by atoms with E-state index in [0.29, 0.717) is 0 Å². The van der Waals surface area contributed by atoms with Crippen LogP contribution < -0.4 is 0 Å². The average Bonchev–Trinajstić information content (AvgIpc) is 3.96. The van der Waals surface area contributed by atoms with Gasteiger partial charge >= 0.3 is 0 Å². The Morgan fingerprint density at radius 3 is 1.75 bits per heavy atom. The molecule has 0 N–H and O–H groups in total. The first kappa shape index (κ1) is 40.3. The second-order valence-corrected chi connectivity index (χ2v) is 18.4. The highest BCUT2D eigenvalue weighted by Gasteiger charge is 2.38. The number of para-hydroxylation sites is 1. The molecule has 0 fully saturated rings. The van der Waals surface area contributed by atoms with E-state index < -0.39 is 0 Å². The van der Waals surface area contributed by atoms with Crippen molar-refractivity contribution in [3.63, 3.8) is 0 Å². The van der Waals surface area contributed by atoms with Gasteiger partial charge in [-0.05, 0) is 144 Å². The van der Waals surface area contributed by atoms with Crippen molar-refractivity contribution in [1.29, 1.82) is 0 Å². The van der Waals surface area contributed by atoms with Gasteiger partial charge in [-0.2, -0.15) is 0 Å². The summed E-state index contributed by atoms with van der Waals surface area (Å²) in [5.41, 5.74) is 24.7. The highest BCUT2D eigenvalue weighted by Crippen LogP contribution is 2.53. The van der Waals surface area contributed by atoms with Crippen molar-refractivity contribution in [3.05, 3.63) is 281 Å². The number of aromatic nitrogens is 1. The highest BCUT2D eigenvalue weighted by atomic mass is 15.0. The normalized spacial score (nSPS) is 14.9. The molecule has 0 bridgehead atoms. The summed E-state index contributed by atoms with van der Waals surface area (Å²) in [6.07, 6.45) is 9.08. The fourth-order valence-electron chi connectivity index (χ4n) is 10.9. The zero-order valence-electron chi connectivity index (χ0n) is 38.0. The minimum absolute atomic E-state index is 0.259. The number of hydrogen-bond donors (Lipinski definition) is 0. The van der Waals surface area contributed by atoms with Gasteiger partial charge in [0.25, 0.3) is 0 Å². The van der Waals surface area contributed by atoms with Crippen molar-refractivity contribution in [3.8, 4) is 39.1 Å². The summed E-state index contributed by atoms with van der Waals surface area (Å²) in [6.45, 7) is 6.89. The Bertz CT molecular complexity index is 3630. The third-order valence-corrected chi connectivity index (χ3v) is 14.1. The molecule has 1 heterocycles. The SMILES string of the molecule is C/C=C/C=C1\C(=C/c2ccc3c(c2)C(=C(c2ccccc2)c2ccccc2)c2ccccc2-3)C(C)(C)c2cc(-c3ccc4c(c3)c3ccccc3n4-c3ccc(-c4ccccc4)cc3)ccc21. The Kier molecular flexibility index (Phi) is 9.81. The van der Waals surface area contributed by atoms with Crippen LogP contribution in [0.2, 0.25) is 0 Å². The molecule has 1 nitrogen and oxygen atoms in total. The number of fused-ring (bicyclic) bond motifs is 7. The molecule has 0 unspecified atom stereocenters. The third-order valence-electron chi connectivity index (χ3n) is 14.1. The Labute approximate surface area is 393 Å². The monoisotopic (exact) mass is 855 g/mol. The standard InChI is InChI=1S/C66H49N/c1-4-5-25-54-55-38-33-50(49-34-39-63-58(42-49)56-27-17-18-29-62(56)67(63)51-35-31-46(32-36-51)45-19-9-6-10-20-45)43-61(55)66(2,3)60(54)41-44-30-37-53-52-26-15-16-28-57(52)65(59(53)40-44)64(47-21-11-7-12-22-47)48-23-13-8-14-24-48/h4-43H,1-3H3/b5-4+,54-25-,60-41+. The summed E-state index contributed by atoms with van der Waals surface area (Å²) >= 11 is 0. The van der Waals surface area contributed by atoms with Crippen LogP contribution in [0.25, 0.3) is 83.7 Å². The second kappa shape index (κ2) is 16.3. The second-order valence-electron chi connectivity index (χ2n) is 18.4. The molecule has 0 atom stereocenters. The Morgan fingerprint density at radius 2 is 1.01 bits per heavy atom. The zero-order valence-corrected chi connectivity index (χ0v) is 38.0. The maximum Gasteiger partial charge on any atom is 0.0541 e. The van der Waals surface area contributed by atoms with Crippen LogP contribution in [-0.4, -0.2) is 4.57 Å². The van der Waals surface area contributed by atoms with Gasteiger partial charge in [0, 0.05) is 21.9 Å². The molecule has 1 heteroatoms. The van der Waals surface area contributed by atoms with Crippen LogP contribution in [0.5, 0.6) is 0 Å². The first-order chi connectivity index (χ1) is 33.0. The smallest absolute Gasteiger partial charge is 0.0541 e. The summed E-state index contributed by atoms with van der Waals surface area (Å²) in [5.74, 6) is 0. The molecule has 0 aliphatic heterocycles. The number of rotatable bonds is 7. The summed E-state index contributed by atoms with van der Waals surface area (Å²) < 4.78 is 2.41. The van der Waals surface area contributed by atoms with Crippen LogP contribution in [0.1, 0.15) is 59.7 Å². The lowest BCUT2D eigenvalue weighted by Crippen LogP contribution is -2.15. The van der Waals surface area contributed by atoms with Gasteiger partial charge in [0.05, 0.1) is 11.0 Å². The number of nitrogens with zero attached hydrogens (tertiary/aromatic N) is 1. The van der Waals surface area contributed by atoms with E-state index in [0.717, 1.165) is 5.69 Å². The van der Waals surface area contributed by atoms with Gasteiger partial charge in [-0.25, -0.2) is 0 Å². The summed E-state index contributed by atoms with van der Waals surface area (Å²) in [6, 6.07) is 80.3. The van der Waals surface area contributed by atoms with E-state index in [1.807, 2.05) is 0 Å². The number of allylic oxidation sites excluding steroid dienone is 5. The lowest BCUT2D eigenvalue weighted by molar-refractivity contribution is 0.665. The third kappa shape index (κ3) is 6.77. The van der Waals surface area contributed by atoms with Gasteiger partial charge in [0.15, 0.2) is 0 Å². The van der Waals surface area contributed by atoms with Gasteiger partial charge in [-0.15, -0.1) is 0 Å². The van der Waals surface area contributed by atoms with Crippen molar-refractivity contribution >= 4 is 44.6 Å². The zero-order chi connectivity index (χ0) is 45.1. The quantitative estimate of drug-likeness (QED) is 0.150. The molecule has 67 heavy (non-hydrogen) atoms. The van der Waals surface area contributed by atoms with Crippen molar-refractivity contribution in [1.82, 2.24) is 4.57 Å². The molecule has 9 aromatic carbocycles. The van der Waals surface area contributed by atoms with Crippen molar-refractivity contribution in [2.45, 2.75) is 26.2 Å². The van der Waals surface area contributed by atoms with E-state index in [2.05, 4.69) is 268 Å². The molecule has 1 aromatic heterocycles. The fraction of sp³-hybridized carbons (Fsp3) is 0.0606. The van der Waals surface area contributed by atoms with E-state index in [9.17, 15) is 0 Å². The summed E-state index contributed by atoms with van der Waals surface area (Å²) in [5, 5.41) is 2.51. The largest absolute Gasteiger partial charge is 0.309 e. The first-order valence-electron chi connectivity index (χ1n) is 23.5. The van der Waals surface area contributed by atoms with Gasteiger partial charge in [0.2, 0.25) is 0 Å². The molecule has 2 aliphatic rings. The number of hydrogen-bond acceptors (Lipinski definition) is 0. The van der Waals surface area contributed by atoms with Gasteiger partial charge in [-0.1, -0.05) is 214 Å². The van der Waals surface area contributed by atoms with E-state index in [1.54, 1.807) is 0 Å². The Hall–Kier alpha value is -8.26. The van der Waals surface area contributed by atoms with Crippen LogP contribution in [0.4, 0.5) is 0 Å². The average molecular weight is 856 g/mol. The molecule has 10 aromatic rings. The van der Waals surface area contributed by atoms with Crippen LogP contribution in [0, 0.1) is 0 Å². The minimum atomic E-state index is -0.259. The Morgan fingerprint density at radius 1 is 0.448 bits per heavy atom. The molecule has 2 aliphatic carbocycles. The molecule has 12 rings (SSSR count). The van der Waals surface area contributed by atoms with Gasteiger partial charge in [0.1, 0.15) is 0 Å². The topological polar surface area (TPSA) is 4.93 Å². The lowest BCUT2D eigenvalue weighted by atomic mass is 9.80. The Balaban J connectivity index is 0.960. The van der Waals surface area contributed by atoms with E-state index in [-0.39, 0.29) is 5.41 Å². The van der Waals surface area contributed by atoms with Crippen LogP contribution >= 0.6 is 0 Å². The predicted octanol–water partition coefficient (Wildman–Crippen LogP) is 17.4. The summed E-state index contributed by atoms with van der Waals surface area (Å²) in [7, 11) is 0. The van der Waals surface area contributed by atoms with Crippen LogP contribution in [0.15, 0.2) is 242 Å². The van der Waals surface area contributed by atoms with Crippen molar-refractivity contribution < 1.29 is 0 Å². The lowest BCUT2D eigenvalue weighted by Gasteiger charge is -2.23. The van der Waals surface area contributed by atoms with Crippen molar-refractivity contribution in [2.75, 3.05) is 0 Å². The minimum Gasteiger partial charge on any atom is -0.309 e. The highest BCUT2D eigenvalue weighted by molar-refractivity contribution is 6.14. The van der Waals surface area contributed by atoms with Gasteiger partial charge < -0.3 is 4.57 Å². The first-order valence-corrected chi connectivity index (χ1v) is 23.5. The van der Waals surface area contributed by atoms with E-state index in [1.165, 1.54) is 116 Å². The molecule has 318 valence electrons. The molecule has 0 spiro atoms. The predicted molar refractivity (Wildman–Crippen MR) is 285 cm³/mol. The van der Waals surface area contributed by atoms with Crippen LogP contribution in [0.3, 0.4) is 0 Å². The number of benzene rings is 9. The van der Waals surface area contributed by atoms with Crippen molar-refractivity contribution in [2.24, 2.45) is 0 Å². The molecular weight excluding hydrogens is 807 g/mol. The molecule has 0 radical (unpaired) electrons. The van der Waals surface area contributed by atoms with E-state index >= 15 is 0 Å². The van der Waals surface area contributed by atoms with E-state index in [4.69, 9.17) is 0 Å². The maximum absolute atomic E-state index is 2.45.